The number of aryl methyl sites for hydroxylation is 1. The minimum Gasteiger partial charge on any atom is -0.380 e. The maximum Gasteiger partial charge on any atom is 0.255 e. The molecule has 2 N–H and O–H groups in total. The van der Waals surface area contributed by atoms with Crippen LogP contribution in [0.25, 0.3) is 0 Å². The molecule has 20 heavy (non-hydrogen) atoms. The van der Waals surface area contributed by atoms with E-state index in [9.17, 15) is 13.2 Å². The fraction of sp³-hybridized carbons (Fsp3) is 0.462. The maximum absolute atomic E-state index is 12.3. The van der Waals surface area contributed by atoms with E-state index in [-0.39, 0.29) is 10.5 Å². The Morgan fingerprint density at radius 2 is 2.05 bits per heavy atom. The van der Waals surface area contributed by atoms with E-state index in [0.717, 1.165) is 5.56 Å². The zero-order chi connectivity index (χ0) is 15.3. The van der Waals surface area contributed by atoms with Crippen LogP contribution in [0.1, 0.15) is 22.8 Å². The van der Waals surface area contributed by atoms with Crippen molar-refractivity contribution in [2.24, 2.45) is 5.14 Å². The molecule has 0 unspecified atom stereocenters. The van der Waals surface area contributed by atoms with Crippen LogP contribution in [0.5, 0.6) is 0 Å². The fourth-order valence-electron chi connectivity index (χ4n) is 1.71. The Hall–Kier alpha value is -1.44. The Labute approximate surface area is 119 Å². The van der Waals surface area contributed by atoms with E-state index >= 15 is 0 Å². The van der Waals surface area contributed by atoms with Gasteiger partial charge in [0.25, 0.3) is 5.91 Å². The summed E-state index contributed by atoms with van der Waals surface area (Å²) in [5.41, 5.74) is 0.880. The molecule has 0 bridgehead atoms. The maximum atomic E-state index is 12.3. The Morgan fingerprint density at radius 1 is 1.40 bits per heavy atom. The SMILES string of the molecule is CCOCCN(C)C(=O)c1cc(C)ccc1S(N)(=O)=O. The first-order chi connectivity index (χ1) is 9.27. The van der Waals surface area contributed by atoms with E-state index in [1.807, 2.05) is 6.92 Å². The van der Waals surface area contributed by atoms with Gasteiger partial charge in [-0.2, -0.15) is 0 Å². The predicted molar refractivity (Wildman–Crippen MR) is 76.0 cm³/mol. The topological polar surface area (TPSA) is 89.7 Å². The number of nitrogens with two attached hydrogens (primary N) is 1. The third kappa shape index (κ3) is 4.29. The molecule has 0 aromatic heterocycles. The highest BCUT2D eigenvalue weighted by Crippen LogP contribution is 2.17. The first kappa shape index (κ1) is 16.6. The number of hydrogen-bond donors (Lipinski definition) is 1. The van der Waals surface area contributed by atoms with Gasteiger partial charge in [-0.15, -0.1) is 0 Å². The molecular formula is C13H20N2O4S. The molecule has 6 nitrogen and oxygen atoms in total. The average Bonchev–Trinajstić information content (AvgIpc) is 2.36. The van der Waals surface area contributed by atoms with E-state index < -0.39 is 15.9 Å². The van der Waals surface area contributed by atoms with E-state index in [2.05, 4.69) is 0 Å². The molecule has 1 aromatic carbocycles. The summed E-state index contributed by atoms with van der Waals surface area (Å²) in [5.74, 6) is -0.391. The number of benzene rings is 1. The molecule has 0 fully saturated rings. The van der Waals surface area contributed by atoms with Crippen molar-refractivity contribution < 1.29 is 17.9 Å². The second-order valence-electron chi connectivity index (χ2n) is 4.47. The number of primary sulfonamides is 1. The van der Waals surface area contributed by atoms with E-state index in [1.54, 1.807) is 20.0 Å². The Balaban J connectivity index is 3.06. The molecule has 0 atom stereocenters. The summed E-state index contributed by atoms with van der Waals surface area (Å²) in [6, 6.07) is 4.49. The molecule has 0 aliphatic heterocycles. The molecule has 0 saturated heterocycles. The molecule has 112 valence electrons. The number of carbonyl (C=O) groups excluding carboxylic acids is 1. The van der Waals surface area contributed by atoms with Crippen LogP contribution in [0.2, 0.25) is 0 Å². The largest absolute Gasteiger partial charge is 0.380 e. The van der Waals surface area contributed by atoms with Gasteiger partial charge in [0.1, 0.15) is 0 Å². The normalized spacial score (nSPS) is 11.4. The molecule has 1 rings (SSSR count). The van der Waals surface area contributed by atoms with Gasteiger partial charge in [0.2, 0.25) is 10.0 Å². The number of hydrogen-bond acceptors (Lipinski definition) is 4. The van der Waals surface area contributed by atoms with Gasteiger partial charge in [-0.25, -0.2) is 13.6 Å². The summed E-state index contributed by atoms with van der Waals surface area (Å²) in [5, 5.41) is 5.14. The van der Waals surface area contributed by atoms with E-state index in [0.29, 0.717) is 19.8 Å². The van der Waals surface area contributed by atoms with Crippen LogP contribution < -0.4 is 5.14 Å². The van der Waals surface area contributed by atoms with Gasteiger partial charge in [0.05, 0.1) is 17.1 Å². The highest BCUT2D eigenvalue weighted by Gasteiger charge is 2.21. The molecule has 0 heterocycles. The van der Waals surface area contributed by atoms with Crippen LogP contribution >= 0.6 is 0 Å². The van der Waals surface area contributed by atoms with Crippen LogP contribution in [-0.2, 0) is 14.8 Å². The van der Waals surface area contributed by atoms with Gasteiger partial charge in [-0.1, -0.05) is 11.6 Å². The van der Waals surface area contributed by atoms with Crippen molar-refractivity contribution in [1.82, 2.24) is 4.90 Å². The standard InChI is InChI=1S/C13H20N2O4S/c1-4-19-8-7-15(3)13(16)11-9-10(2)5-6-12(11)20(14,17)18/h5-6,9H,4,7-8H2,1-3H3,(H2,14,17,18). The molecule has 1 amide bonds. The third-order valence-electron chi connectivity index (χ3n) is 2.79. The molecular weight excluding hydrogens is 280 g/mol. The van der Waals surface area contributed by atoms with Crippen LogP contribution in [0.15, 0.2) is 23.1 Å². The zero-order valence-corrected chi connectivity index (χ0v) is 12.7. The lowest BCUT2D eigenvalue weighted by Crippen LogP contribution is -2.32. The summed E-state index contributed by atoms with van der Waals surface area (Å²) in [7, 11) is -2.34. The zero-order valence-electron chi connectivity index (χ0n) is 11.9. The molecule has 1 aromatic rings. The number of likely N-dealkylation sites (N-methyl/N-ethyl adjacent to an activating group) is 1. The van der Waals surface area contributed by atoms with Crippen molar-refractivity contribution in [3.63, 3.8) is 0 Å². The van der Waals surface area contributed by atoms with Gasteiger partial charge < -0.3 is 9.64 Å². The Bertz CT molecular complexity index is 584. The molecule has 0 spiro atoms. The number of nitrogens with zero attached hydrogens (tertiary/aromatic N) is 1. The minimum atomic E-state index is -3.93. The highest BCUT2D eigenvalue weighted by molar-refractivity contribution is 7.89. The van der Waals surface area contributed by atoms with Gasteiger partial charge in [-0.05, 0) is 26.0 Å². The summed E-state index contributed by atoms with van der Waals surface area (Å²) < 4.78 is 28.2. The van der Waals surface area contributed by atoms with Crippen molar-refractivity contribution >= 4 is 15.9 Å². The summed E-state index contributed by atoms with van der Waals surface area (Å²) >= 11 is 0. The third-order valence-corrected chi connectivity index (χ3v) is 3.76. The number of carbonyl (C=O) groups is 1. The minimum absolute atomic E-state index is 0.0894. The number of sulfonamides is 1. The van der Waals surface area contributed by atoms with E-state index in [4.69, 9.17) is 9.88 Å². The van der Waals surface area contributed by atoms with Crippen LogP contribution in [0.4, 0.5) is 0 Å². The molecule has 0 aliphatic carbocycles. The molecule has 0 saturated carbocycles. The highest BCUT2D eigenvalue weighted by atomic mass is 32.2. The van der Waals surface area contributed by atoms with Crippen LogP contribution in [0.3, 0.4) is 0 Å². The van der Waals surface area contributed by atoms with Crippen LogP contribution in [-0.4, -0.2) is 46.0 Å². The second-order valence-corrected chi connectivity index (χ2v) is 6.00. The Morgan fingerprint density at radius 3 is 2.60 bits per heavy atom. The predicted octanol–water partition coefficient (Wildman–Crippen LogP) is 0.751. The van der Waals surface area contributed by atoms with Crippen molar-refractivity contribution in [3.8, 4) is 0 Å². The van der Waals surface area contributed by atoms with Crippen molar-refractivity contribution in [2.75, 3.05) is 26.8 Å². The van der Waals surface area contributed by atoms with Gasteiger partial charge in [-0.3, -0.25) is 4.79 Å². The number of rotatable bonds is 6. The summed E-state index contributed by atoms with van der Waals surface area (Å²) in [4.78, 5) is 13.6. The number of amides is 1. The lowest BCUT2D eigenvalue weighted by atomic mass is 10.1. The lowest BCUT2D eigenvalue weighted by Gasteiger charge is -2.18. The summed E-state index contributed by atoms with van der Waals surface area (Å²) in [6.07, 6.45) is 0. The monoisotopic (exact) mass is 300 g/mol. The van der Waals surface area contributed by atoms with Crippen LogP contribution in [0, 0.1) is 6.92 Å². The smallest absolute Gasteiger partial charge is 0.255 e. The lowest BCUT2D eigenvalue weighted by molar-refractivity contribution is 0.0706. The second kappa shape index (κ2) is 6.83. The molecule has 0 radical (unpaired) electrons. The number of ether oxygens (including phenoxy) is 1. The molecule has 0 aliphatic rings. The first-order valence-electron chi connectivity index (χ1n) is 6.24. The van der Waals surface area contributed by atoms with E-state index in [1.165, 1.54) is 17.0 Å². The Kier molecular flexibility index (Phi) is 5.67. The average molecular weight is 300 g/mol. The molecule has 7 heteroatoms. The van der Waals surface area contributed by atoms with Crippen molar-refractivity contribution in [3.05, 3.63) is 29.3 Å². The van der Waals surface area contributed by atoms with Gasteiger partial charge >= 0.3 is 0 Å². The quantitative estimate of drug-likeness (QED) is 0.785. The summed E-state index contributed by atoms with van der Waals surface area (Å²) in [6.45, 7) is 4.99. The first-order valence-corrected chi connectivity index (χ1v) is 7.78. The van der Waals surface area contributed by atoms with Gasteiger partial charge in [0, 0.05) is 20.2 Å². The van der Waals surface area contributed by atoms with Gasteiger partial charge in [0.15, 0.2) is 0 Å². The van der Waals surface area contributed by atoms with Crippen molar-refractivity contribution in [1.29, 1.82) is 0 Å². The van der Waals surface area contributed by atoms with Crippen molar-refractivity contribution in [2.45, 2.75) is 18.7 Å². The fourth-order valence-corrected chi connectivity index (χ4v) is 2.42.